The molecule has 0 fully saturated rings. The molecule has 0 unspecified atom stereocenters. The molecule has 0 saturated heterocycles. The summed E-state index contributed by atoms with van der Waals surface area (Å²) in [5.74, 6) is 0.137. The maximum atomic E-state index is 11.4. The fraction of sp³-hybridized carbons (Fsp3) is 0.727. The van der Waals surface area contributed by atoms with E-state index in [1.807, 2.05) is 13.8 Å². The Morgan fingerprint density at radius 3 is 2.87 bits per heavy atom. The van der Waals surface area contributed by atoms with Gasteiger partial charge in [-0.05, 0) is 25.8 Å². The highest BCUT2D eigenvalue weighted by Gasteiger charge is 2.25. The van der Waals surface area contributed by atoms with Crippen LogP contribution in [0.4, 0.5) is 0 Å². The minimum Gasteiger partial charge on any atom is -0.460 e. The second-order valence-electron chi connectivity index (χ2n) is 3.47. The van der Waals surface area contributed by atoms with Crippen molar-refractivity contribution < 1.29 is 19.0 Å². The van der Waals surface area contributed by atoms with Crippen molar-refractivity contribution in [2.45, 2.75) is 33.5 Å². The Kier molecular flexibility index (Phi) is 4.62. The first-order valence-corrected chi connectivity index (χ1v) is 5.34. The van der Waals surface area contributed by atoms with E-state index in [1.165, 1.54) is 0 Å². The molecule has 0 spiro atoms. The minimum atomic E-state index is -0.409. The molecule has 4 nitrogen and oxygen atoms in total. The lowest BCUT2D eigenvalue weighted by molar-refractivity contribution is -0.161. The number of hydrogen-bond acceptors (Lipinski definition) is 4. The van der Waals surface area contributed by atoms with Gasteiger partial charge in [-0.2, -0.15) is 0 Å². The van der Waals surface area contributed by atoms with Crippen LogP contribution < -0.4 is 0 Å². The molecule has 0 amide bonds. The highest BCUT2D eigenvalue weighted by molar-refractivity contribution is 5.86. The average Bonchev–Trinajstić information content (AvgIpc) is 2.17. The molecule has 0 aromatic carbocycles. The van der Waals surface area contributed by atoms with Crippen molar-refractivity contribution in [3.05, 3.63) is 11.8 Å². The third kappa shape index (κ3) is 3.55. The number of carbonyl (C=O) groups is 1. The van der Waals surface area contributed by atoms with Gasteiger partial charge in [0, 0.05) is 13.0 Å². The van der Waals surface area contributed by atoms with Crippen LogP contribution in [0.15, 0.2) is 11.8 Å². The molecule has 1 heterocycles. The first kappa shape index (κ1) is 12.0. The van der Waals surface area contributed by atoms with Crippen LogP contribution in [-0.2, 0) is 19.0 Å². The zero-order valence-corrected chi connectivity index (χ0v) is 9.49. The predicted molar refractivity (Wildman–Crippen MR) is 55.0 cm³/mol. The van der Waals surface area contributed by atoms with Gasteiger partial charge >= 0.3 is 5.97 Å². The normalized spacial score (nSPS) is 25.4. The predicted octanol–water partition coefficient (Wildman–Crippen LogP) is 1.85. The van der Waals surface area contributed by atoms with Crippen LogP contribution in [0.25, 0.3) is 0 Å². The van der Waals surface area contributed by atoms with Gasteiger partial charge in [0.25, 0.3) is 0 Å². The maximum absolute atomic E-state index is 11.4. The Morgan fingerprint density at radius 2 is 2.27 bits per heavy atom. The summed E-state index contributed by atoms with van der Waals surface area (Å²) in [4.78, 5) is 11.4. The van der Waals surface area contributed by atoms with Gasteiger partial charge in [0.1, 0.15) is 0 Å². The van der Waals surface area contributed by atoms with E-state index in [0.717, 1.165) is 6.42 Å². The highest BCUT2D eigenvalue weighted by atomic mass is 16.7. The molecule has 1 aliphatic rings. The molecule has 0 aliphatic carbocycles. The van der Waals surface area contributed by atoms with Crippen LogP contribution in [0, 0.1) is 5.92 Å². The Bertz CT molecular complexity index is 247. The zero-order valence-electron chi connectivity index (χ0n) is 9.49. The molecule has 1 aliphatic heterocycles. The average molecular weight is 214 g/mol. The molecule has 0 bridgehead atoms. The van der Waals surface area contributed by atoms with E-state index < -0.39 is 5.97 Å². The van der Waals surface area contributed by atoms with E-state index in [4.69, 9.17) is 14.2 Å². The third-order valence-corrected chi connectivity index (χ3v) is 2.09. The molecule has 0 N–H and O–H groups in total. The fourth-order valence-electron chi connectivity index (χ4n) is 1.47. The summed E-state index contributed by atoms with van der Waals surface area (Å²) in [5, 5.41) is 0. The Hall–Kier alpha value is -1.03. The summed E-state index contributed by atoms with van der Waals surface area (Å²) in [7, 11) is 0. The summed E-state index contributed by atoms with van der Waals surface area (Å²) in [5.41, 5.74) is 0. The molecule has 0 aromatic heterocycles. The van der Waals surface area contributed by atoms with Crippen LogP contribution in [0.3, 0.4) is 0 Å². The van der Waals surface area contributed by atoms with Gasteiger partial charge in [0.15, 0.2) is 0 Å². The Balaban J connectivity index is 2.60. The summed E-state index contributed by atoms with van der Waals surface area (Å²) >= 11 is 0. The minimum absolute atomic E-state index is 0.272. The first-order chi connectivity index (χ1) is 7.17. The second kappa shape index (κ2) is 5.75. The van der Waals surface area contributed by atoms with E-state index in [0.29, 0.717) is 13.2 Å². The maximum Gasteiger partial charge on any atom is 0.373 e. The number of rotatable bonds is 4. The summed E-state index contributed by atoms with van der Waals surface area (Å²) in [6.07, 6.45) is 2.24. The van der Waals surface area contributed by atoms with Crippen molar-refractivity contribution in [3.63, 3.8) is 0 Å². The van der Waals surface area contributed by atoms with Crippen LogP contribution in [-0.4, -0.2) is 25.5 Å². The SMILES string of the molecule is CCOC(=O)C1=C[C@H](C)C[C@@H](OCC)O1. The summed E-state index contributed by atoms with van der Waals surface area (Å²) in [6.45, 7) is 6.62. The first-order valence-electron chi connectivity index (χ1n) is 5.34. The van der Waals surface area contributed by atoms with Crippen molar-refractivity contribution in [2.24, 2.45) is 5.92 Å². The van der Waals surface area contributed by atoms with Crippen molar-refractivity contribution in [1.82, 2.24) is 0 Å². The Morgan fingerprint density at radius 1 is 1.53 bits per heavy atom. The van der Waals surface area contributed by atoms with Crippen LogP contribution >= 0.6 is 0 Å². The molecule has 2 atom stereocenters. The molecule has 4 heteroatoms. The number of esters is 1. The molecule has 0 radical (unpaired) electrons. The van der Waals surface area contributed by atoms with E-state index in [9.17, 15) is 4.79 Å². The van der Waals surface area contributed by atoms with Gasteiger partial charge in [-0.15, -0.1) is 0 Å². The van der Waals surface area contributed by atoms with Crippen LogP contribution in [0.1, 0.15) is 27.2 Å². The molecule has 86 valence electrons. The molecular formula is C11H18O4. The number of carbonyl (C=O) groups excluding carboxylic acids is 1. The lowest BCUT2D eigenvalue weighted by Gasteiger charge is -2.26. The van der Waals surface area contributed by atoms with E-state index >= 15 is 0 Å². The monoisotopic (exact) mass is 214 g/mol. The number of ether oxygens (including phenoxy) is 3. The van der Waals surface area contributed by atoms with E-state index in [-0.39, 0.29) is 18.0 Å². The lowest BCUT2D eigenvalue weighted by Crippen LogP contribution is -2.27. The summed E-state index contributed by atoms with van der Waals surface area (Å²) in [6, 6.07) is 0. The molecule has 15 heavy (non-hydrogen) atoms. The lowest BCUT2D eigenvalue weighted by atomic mass is 10.0. The highest BCUT2D eigenvalue weighted by Crippen LogP contribution is 2.23. The molecular weight excluding hydrogens is 196 g/mol. The number of hydrogen-bond donors (Lipinski definition) is 0. The fourth-order valence-corrected chi connectivity index (χ4v) is 1.47. The quantitative estimate of drug-likeness (QED) is 0.670. The molecule has 1 rings (SSSR count). The van der Waals surface area contributed by atoms with Gasteiger partial charge in [-0.3, -0.25) is 0 Å². The smallest absolute Gasteiger partial charge is 0.373 e. The van der Waals surface area contributed by atoms with Crippen LogP contribution in [0.2, 0.25) is 0 Å². The van der Waals surface area contributed by atoms with Crippen LogP contribution in [0.5, 0.6) is 0 Å². The van der Waals surface area contributed by atoms with Crippen molar-refractivity contribution >= 4 is 5.97 Å². The van der Waals surface area contributed by atoms with Gasteiger partial charge in [-0.1, -0.05) is 6.92 Å². The van der Waals surface area contributed by atoms with Crippen molar-refractivity contribution in [2.75, 3.05) is 13.2 Å². The number of allylic oxidation sites excluding steroid dienone is 1. The molecule has 0 saturated carbocycles. The van der Waals surface area contributed by atoms with Crippen molar-refractivity contribution in [1.29, 1.82) is 0 Å². The molecule has 0 aromatic rings. The topological polar surface area (TPSA) is 44.8 Å². The third-order valence-electron chi connectivity index (χ3n) is 2.09. The standard InChI is InChI=1S/C11H18O4/c1-4-13-10-7-8(3)6-9(15-10)11(12)14-5-2/h6,8,10H,4-5,7H2,1-3H3/t8-,10-/m0/s1. The van der Waals surface area contributed by atoms with Gasteiger partial charge < -0.3 is 14.2 Å². The second-order valence-corrected chi connectivity index (χ2v) is 3.47. The van der Waals surface area contributed by atoms with E-state index in [1.54, 1.807) is 13.0 Å². The Labute approximate surface area is 90.2 Å². The zero-order chi connectivity index (χ0) is 11.3. The van der Waals surface area contributed by atoms with Gasteiger partial charge in [-0.25, -0.2) is 4.79 Å². The van der Waals surface area contributed by atoms with Gasteiger partial charge in [0.05, 0.1) is 6.61 Å². The van der Waals surface area contributed by atoms with Gasteiger partial charge in [0.2, 0.25) is 12.0 Å². The largest absolute Gasteiger partial charge is 0.460 e. The van der Waals surface area contributed by atoms with E-state index in [2.05, 4.69) is 0 Å². The summed E-state index contributed by atoms with van der Waals surface area (Å²) < 4.78 is 15.6. The van der Waals surface area contributed by atoms with Crippen molar-refractivity contribution in [3.8, 4) is 0 Å².